The fourth-order valence-electron chi connectivity index (χ4n) is 4.23. The van der Waals surface area contributed by atoms with Crippen LogP contribution in [0.1, 0.15) is 36.9 Å². The summed E-state index contributed by atoms with van der Waals surface area (Å²) in [6.07, 6.45) is 1.65. The molecule has 0 radical (unpaired) electrons. The van der Waals surface area contributed by atoms with Crippen LogP contribution in [0.5, 0.6) is 0 Å². The third-order valence-corrected chi connectivity index (χ3v) is 8.02. The maximum absolute atomic E-state index is 13.5. The molecule has 0 fully saturated rings. The van der Waals surface area contributed by atoms with Crippen molar-refractivity contribution >= 4 is 38.1 Å². The predicted octanol–water partition coefficient (Wildman–Crippen LogP) is 5.23. The number of anilines is 1. The van der Waals surface area contributed by atoms with Crippen molar-refractivity contribution in [3.8, 4) is 0 Å². The summed E-state index contributed by atoms with van der Waals surface area (Å²) in [7, 11) is -3.57. The molecule has 3 aromatic carbocycles. The van der Waals surface area contributed by atoms with Crippen LogP contribution in [-0.4, -0.2) is 32.0 Å². The molecule has 0 bridgehead atoms. The molecule has 0 aliphatic heterocycles. The molecule has 0 saturated carbocycles. The zero-order valence-corrected chi connectivity index (χ0v) is 21.8. The third kappa shape index (κ3) is 6.46. The van der Waals surface area contributed by atoms with E-state index in [1.165, 1.54) is 12.3 Å². The lowest BCUT2D eigenvalue weighted by atomic mass is 10.0. The van der Waals surface area contributed by atoms with Gasteiger partial charge in [0.1, 0.15) is 6.04 Å². The van der Waals surface area contributed by atoms with Gasteiger partial charge in [-0.25, -0.2) is 8.42 Å². The Hall–Kier alpha value is -3.91. The van der Waals surface area contributed by atoms with Gasteiger partial charge in [-0.05, 0) is 35.2 Å². The van der Waals surface area contributed by atoms with Crippen molar-refractivity contribution in [2.45, 2.75) is 38.1 Å². The number of sulfone groups is 1. The molecule has 192 valence electrons. The van der Waals surface area contributed by atoms with E-state index in [1.54, 1.807) is 42.5 Å². The van der Waals surface area contributed by atoms with Crippen molar-refractivity contribution in [1.29, 1.82) is 0 Å². The molecule has 1 atom stereocenters. The van der Waals surface area contributed by atoms with Crippen LogP contribution in [0, 0.1) is 5.41 Å². The second kappa shape index (κ2) is 10.6. The van der Waals surface area contributed by atoms with E-state index in [0.717, 1.165) is 5.56 Å². The number of nitrogens with one attached hydrogen (secondary N) is 2. The van der Waals surface area contributed by atoms with E-state index in [1.807, 2.05) is 51.1 Å². The molecule has 0 saturated heterocycles. The number of carbonyl (C=O) groups excluding carboxylic acids is 2. The van der Waals surface area contributed by atoms with E-state index in [2.05, 4.69) is 10.6 Å². The van der Waals surface area contributed by atoms with Gasteiger partial charge in [-0.15, -0.1) is 0 Å². The summed E-state index contributed by atoms with van der Waals surface area (Å²) in [5, 5.41) is 6.79. The highest BCUT2D eigenvalue weighted by atomic mass is 32.2. The highest BCUT2D eigenvalue weighted by Gasteiger charge is 2.27. The molecule has 37 heavy (non-hydrogen) atoms. The van der Waals surface area contributed by atoms with E-state index in [-0.39, 0.29) is 22.8 Å². The van der Waals surface area contributed by atoms with Crippen molar-refractivity contribution in [1.82, 2.24) is 5.32 Å². The molecule has 2 N–H and O–H groups in total. The average Bonchev–Trinajstić information content (AvgIpc) is 3.38. The summed E-state index contributed by atoms with van der Waals surface area (Å²) in [6.45, 7) is 5.64. The van der Waals surface area contributed by atoms with Crippen LogP contribution in [0.3, 0.4) is 0 Å². The third-order valence-electron chi connectivity index (χ3n) is 5.75. The van der Waals surface area contributed by atoms with E-state index in [4.69, 9.17) is 4.42 Å². The normalized spacial score (nSPS) is 12.7. The molecule has 8 heteroatoms. The van der Waals surface area contributed by atoms with Gasteiger partial charge in [0.15, 0.2) is 15.6 Å². The van der Waals surface area contributed by atoms with Crippen LogP contribution >= 0.6 is 0 Å². The van der Waals surface area contributed by atoms with Gasteiger partial charge in [-0.3, -0.25) is 9.59 Å². The van der Waals surface area contributed by atoms with E-state index >= 15 is 0 Å². The van der Waals surface area contributed by atoms with Crippen LogP contribution in [0.25, 0.3) is 10.8 Å². The summed E-state index contributed by atoms with van der Waals surface area (Å²) < 4.78 is 31.6. The Morgan fingerprint density at radius 3 is 2.24 bits per heavy atom. The Bertz CT molecular complexity index is 1510. The lowest BCUT2D eigenvalue weighted by molar-refractivity contribution is -0.118. The van der Waals surface area contributed by atoms with Crippen molar-refractivity contribution < 1.29 is 22.4 Å². The number of carbonyl (C=O) groups is 2. The second-order valence-electron chi connectivity index (χ2n) is 10.2. The molecule has 4 aromatic rings. The zero-order chi connectivity index (χ0) is 26.6. The molecule has 0 unspecified atom stereocenters. The Morgan fingerprint density at radius 2 is 1.57 bits per heavy atom. The van der Waals surface area contributed by atoms with Crippen molar-refractivity contribution in [3.63, 3.8) is 0 Å². The lowest BCUT2D eigenvalue weighted by Gasteiger charge is -2.20. The first kappa shape index (κ1) is 26.2. The number of hydrogen-bond acceptors (Lipinski definition) is 5. The van der Waals surface area contributed by atoms with E-state index in [0.29, 0.717) is 16.5 Å². The molecule has 1 aromatic heterocycles. The molecule has 1 heterocycles. The first-order chi connectivity index (χ1) is 17.5. The fourth-order valence-corrected chi connectivity index (χ4v) is 6.32. The number of fused-ring (bicyclic) bond motifs is 1. The number of rotatable bonds is 8. The Morgan fingerprint density at radius 1 is 0.865 bits per heavy atom. The molecule has 7 nitrogen and oxygen atoms in total. The minimum atomic E-state index is -3.57. The molecular weight excluding hydrogens is 488 g/mol. The Balaban J connectivity index is 1.65. The molecule has 4 rings (SSSR count). The highest BCUT2D eigenvalue weighted by molar-refractivity contribution is 7.91. The summed E-state index contributed by atoms with van der Waals surface area (Å²) in [4.78, 5) is 26.4. The monoisotopic (exact) mass is 518 g/mol. The maximum atomic E-state index is 13.5. The van der Waals surface area contributed by atoms with Crippen LogP contribution in [-0.2, 0) is 21.1 Å². The first-order valence-electron chi connectivity index (χ1n) is 12.0. The maximum Gasteiger partial charge on any atom is 0.287 e. The van der Waals surface area contributed by atoms with Gasteiger partial charge in [0.05, 0.1) is 16.9 Å². The molecule has 2 amide bonds. The average molecular weight is 519 g/mol. The van der Waals surface area contributed by atoms with Crippen molar-refractivity contribution in [2.75, 3.05) is 11.1 Å². The lowest BCUT2D eigenvalue weighted by Crippen LogP contribution is -2.45. The van der Waals surface area contributed by atoms with Crippen LogP contribution in [0.4, 0.5) is 5.69 Å². The van der Waals surface area contributed by atoms with Crippen LogP contribution in [0.15, 0.2) is 94.4 Å². The minimum Gasteiger partial charge on any atom is -0.459 e. The number of amides is 2. The molecular formula is C29H30N2O5S. The van der Waals surface area contributed by atoms with Crippen molar-refractivity contribution in [3.05, 3.63) is 96.4 Å². The van der Waals surface area contributed by atoms with Gasteiger partial charge in [-0.1, -0.05) is 75.4 Å². The van der Waals surface area contributed by atoms with Gasteiger partial charge < -0.3 is 15.1 Å². The predicted molar refractivity (Wildman–Crippen MR) is 144 cm³/mol. The van der Waals surface area contributed by atoms with Crippen molar-refractivity contribution in [2.24, 2.45) is 5.41 Å². The van der Waals surface area contributed by atoms with Gasteiger partial charge in [-0.2, -0.15) is 0 Å². The fraction of sp³-hybridized carbons (Fsp3) is 0.241. The second-order valence-corrected chi connectivity index (χ2v) is 12.1. The number of furan rings is 1. The molecule has 0 aliphatic rings. The first-order valence-corrected chi connectivity index (χ1v) is 13.6. The summed E-state index contributed by atoms with van der Waals surface area (Å²) in [5.74, 6) is -0.841. The van der Waals surface area contributed by atoms with E-state index < -0.39 is 33.1 Å². The summed E-state index contributed by atoms with van der Waals surface area (Å²) in [5.41, 5.74) is 0.917. The Labute approximate surface area is 216 Å². The zero-order valence-electron chi connectivity index (χ0n) is 21.0. The molecule has 0 spiro atoms. The van der Waals surface area contributed by atoms with Crippen LogP contribution < -0.4 is 10.6 Å². The van der Waals surface area contributed by atoms with E-state index in [9.17, 15) is 18.0 Å². The number of benzene rings is 3. The van der Waals surface area contributed by atoms with Gasteiger partial charge in [0, 0.05) is 22.9 Å². The minimum absolute atomic E-state index is 0.00629. The highest BCUT2D eigenvalue weighted by Crippen LogP contribution is 2.31. The topological polar surface area (TPSA) is 105 Å². The number of hydrogen-bond donors (Lipinski definition) is 2. The standard InChI is InChI=1S/C29H30N2O5S/c1-29(2,3)19-37(34,35)26-16-8-12-21-22(26)13-7-14-23(21)30-27(32)24(18-20-10-5-4-6-11-20)31-28(33)25-15-9-17-36-25/h4-17,24H,18-19H2,1-3H3,(H,30,32)(H,31,33)/t24-/m0/s1. The van der Waals surface area contributed by atoms with Gasteiger partial charge >= 0.3 is 0 Å². The molecule has 0 aliphatic carbocycles. The quantitative estimate of drug-likeness (QED) is 0.332. The summed E-state index contributed by atoms with van der Waals surface area (Å²) >= 11 is 0. The largest absolute Gasteiger partial charge is 0.459 e. The smallest absolute Gasteiger partial charge is 0.287 e. The Kier molecular flexibility index (Phi) is 7.50. The SMILES string of the molecule is CC(C)(C)CS(=O)(=O)c1cccc2c(NC(=O)[C@H](Cc3ccccc3)NC(=O)c3ccco3)cccc12. The van der Waals surface area contributed by atoms with Gasteiger partial charge in [0.25, 0.3) is 5.91 Å². The van der Waals surface area contributed by atoms with Crippen LogP contribution in [0.2, 0.25) is 0 Å². The summed E-state index contributed by atoms with van der Waals surface area (Å²) in [6, 6.07) is 21.8. The van der Waals surface area contributed by atoms with Gasteiger partial charge in [0.2, 0.25) is 5.91 Å².